The molecule has 10 nitrogen and oxygen atoms in total. The standard InChI is InChI=1S/C23H27N5O5/c1-3-33-23(31)15-7-10-26(11-8-15)21(29)16-14-17-20(28(19(16)24)12-13-32-2)25-18-6-4-5-9-27(18)22(17)30/h4-6,9,14-15,24H,3,7-8,10-13H2,1-2H3. The lowest BCUT2D eigenvalue weighted by Crippen LogP contribution is -2.43. The van der Waals surface area contributed by atoms with E-state index in [9.17, 15) is 14.4 Å². The molecule has 0 atom stereocenters. The molecule has 3 aromatic rings. The van der Waals surface area contributed by atoms with E-state index >= 15 is 0 Å². The van der Waals surface area contributed by atoms with E-state index in [0.29, 0.717) is 50.4 Å². The van der Waals surface area contributed by atoms with Crippen molar-refractivity contribution in [2.24, 2.45) is 5.92 Å². The fourth-order valence-electron chi connectivity index (χ4n) is 4.20. The molecule has 174 valence electrons. The Hall–Kier alpha value is -3.53. The summed E-state index contributed by atoms with van der Waals surface area (Å²) in [5, 5.41) is 8.99. The lowest BCUT2D eigenvalue weighted by Gasteiger charge is -2.31. The highest BCUT2D eigenvalue weighted by Crippen LogP contribution is 2.20. The zero-order valence-electron chi connectivity index (χ0n) is 18.7. The van der Waals surface area contributed by atoms with Crippen LogP contribution in [0.1, 0.15) is 30.1 Å². The number of esters is 1. The van der Waals surface area contributed by atoms with Crippen LogP contribution in [0.5, 0.6) is 0 Å². The van der Waals surface area contributed by atoms with Crippen molar-refractivity contribution in [3.8, 4) is 0 Å². The van der Waals surface area contributed by atoms with Crippen LogP contribution in [0, 0.1) is 11.3 Å². The highest BCUT2D eigenvalue weighted by molar-refractivity contribution is 5.97. The molecule has 4 rings (SSSR count). The molecular weight excluding hydrogens is 426 g/mol. The van der Waals surface area contributed by atoms with E-state index in [1.54, 1.807) is 47.9 Å². The summed E-state index contributed by atoms with van der Waals surface area (Å²) in [6.07, 6.45) is 2.63. The first-order valence-corrected chi connectivity index (χ1v) is 11.0. The van der Waals surface area contributed by atoms with Crippen LogP contribution in [0.15, 0.2) is 35.3 Å². The fraction of sp³-hybridized carbons (Fsp3) is 0.435. The monoisotopic (exact) mass is 453 g/mol. The van der Waals surface area contributed by atoms with Crippen molar-refractivity contribution in [3.63, 3.8) is 0 Å². The van der Waals surface area contributed by atoms with Crippen molar-refractivity contribution in [1.29, 1.82) is 5.41 Å². The molecule has 0 unspecified atom stereocenters. The topological polar surface area (TPSA) is 119 Å². The van der Waals surface area contributed by atoms with Gasteiger partial charge in [-0.15, -0.1) is 0 Å². The van der Waals surface area contributed by atoms with E-state index in [4.69, 9.17) is 14.9 Å². The number of ether oxygens (including phenoxy) is 2. The van der Waals surface area contributed by atoms with E-state index in [-0.39, 0.29) is 46.3 Å². The van der Waals surface area contributed by atoms with Crippen LogP contribution in [0.25, 0.3) is 16.7 Å². The maximum absolute atomic E-state index is 13.4. The summed E-state index contributed by atoms with van der Waals surface area (Å²) in [5.74, 6) is -0.805. The molecule has 3 aromatic heterocycles. The summed E-state index contributed by atoms with van der Waals surface area (Å²) >= 11 is 0. The van der Waals surface area contributed by atoms with Gasteiger partial charge in [-0.1, -0.05) is 6.07 Å². The first kappa shape index (κ1) is 22.7. The van der Waals surface area contributed by atoms with E-state index in [2.05, 4.69) is 4.98 Å². The highest BCUT2D eigenvalue weighted by Gasteiger charge is 2.30. The number of piperidine rings is 1. The number of carbonyl (C=O) groups excluding carboxylic acids is 2. The molecule has 1 aliphatic heterocycles. The zero-order chi connectivity index (χ0) is 23.5. The smallest absolute Gasteiger partial charge is 0.309 e. The Morgan fingerprint density at radius 1 is 1.24 bits per heavy atom. The van der Waals surface area contributed by atoms with Crippen LogP contribution in [-0.4, -0.2) is 64.1 Å². The third-order valence-corrected chi connectivity index (χ3v) is 5.97. The lowest BCUT2D eigenvalue weighted by molar-refractivity contribution is -0.149. The van der Waals surface area contributed by atoms with Crippen molar-refractivity contribution in [1.82, 2.24) is 18.9 Å². The molecule has 10 heteroatoms. The largest absolute Gasteiger partial charge is 0.466 e. The molecule has 1 aliphatic rings. The summed E-state index contributed by atoms with van der Waals surface area (Å²) < 4.78 is 13.3. The molecule has 0 bridgehead atoms. The van der Waals surface area contributed by atoms with Crippen molar-refractivity contribution in [2.75, 3.05) is 33.4 Å². The number of rotatable bonds is 6. The fourth-order valence-corrected chi connectivity index (χ4v) is 4.20. The van der Waals surface area contributed by atoms with Crippen LogP contribution in [0.3, 0.4) is 0 Å². The molecule has 1 amide bonds. The molecule has 4 heterocycles. The van der Waals surface area contributed by atoms with Crippen molar-refractivity contribution in [2.45, 2.75) is 26.3 Å². The van der Waals surface area contributed by atoms with E-state index in [0.717, 1.165) is 0 Å². The Morgan fingerprint density at radius 3 is 2.70 bits per heavy atom. The number of hydrogen-bond acceptors (Lipinski definition) is 7. The molecule has 0 aliphatic carbocycles. The van der Waals surface area contributed by atoms with Crippen LogP contribution in [0.4, 0.5) is 0 Å². The zero-order valence-corrected chi connectivity index (χ0v) is 18.7. The van der Waals surface area contributed by atoms with Crippen molar-refractivity contribution in [3.05, 3.63) is 51.9 Å². The predicted molar refractivity (Wildman–Crippen MR) is 120 cm³/mol. The maximum atomic E-state index is 13.4. The van der Waals surface area contributed by atoms with Gasteiger partial charge in [-0.3, -0.25) is 24.2 Å². The minimum absolute atomic E-state index is 0.0238. The molecule has 33 heavy (non-hydrogen) atoms. The van der Waals surface area contributed by atoms with Gasteiger partial charge in [0.15, 0.2) is 0 Å². The van der Waals surface area contributed by atoms with Crippen LogP contribution in [0.2, 0.25) is 0 Å². The Morgan fingerprint density at radius 2 is 2.00 bits per heavy atom. The normalized spacial score (nSPS) is 14.7. The molecule has 1 N–H and O–H groups in total. The summed E-state index contributed by atoms with van der Waals surface area (Å²) in [6.45, 7) is 3.43. The number of carbonyl (C=O) groups is 2. The Labute approximate surface area is 189 Å². The molecule has 0 spiro atoms. The van der Waals surface area contributed by atoms with Gasteiger partial charge in [-0.05, 0) is 38.0 Å². The highest BCUT2D eigenvalue weighted by atomic mass is 16.5. The van der Waals surface area contributed by atoms with Gasteiger partial charge in [0.2, 0.25) is 0 Å². The number of nitrogens with zero attached hydrogens (tertiary/aromatic N) is 4. The van der Waals surface area contributed by atoms with E-state index < -0.39 is 0 Å². The Bertz CT molecular complexity index is 1320. The summed E-state index contributed by atoms with van der Waals surface area (Å²) in [4.78, 5) is 44.8. The van der Waals surface area contributed by atoms with Gasteiger partial charge < -0.3 is 18.9 Å². The number of likely N-dealkylation sites (tertiary alicyclic amines) is 1. The minimum atomic E-state index is -0.340. The van der Waals surface area contributed by atoms with E-state index in [1.165, 1.54) is 10.5 Å². The van der Waals surface area contributed by atoms with Crippen LogP contribution in [-0.2, 0) is 20.8 Å². The van der Waals surface area contributed by atoms with Gasteiger partial charge in [-0.25, -0.2) is 4.98 Å². The van der Waals surface area contributed by atoms with Gasteiger partial charge in [0.25, 0.3) is 11.5 Å². The number of fused-ring (bicyclic) bond motifs is 2. The third kappa shape index (κ3) is 4.25. The molecule has 1 saturated heterocycles. The molecule has 0 radical (unpaired) electrons. The Balaban J connectivity index is 1.75. The number of nitrogens with one attached hydrogen (secondary N) is 1. The SMILES string of the molecule is CCOC(=O)C1CCN(C(=O)c2cc3c(=O)n4ccccc4nc3n(CCOC)c2=N)CC1. The molecular formula is C23H27N5O5. The first-order chi connectivity index (χ1) is 16.0. The maximum Gasteiger partial charge on any atom is 0.309 e. The van der Waals surface area contributed by atoms with Gasteiger partial charge in [0, 0.05) is 32.9 Å². The van der Waals surface area contributed by atoms with Crippen molar-refractivity contribution < 1.29 is 19.1 Å². The number of hydrogen-bond donors (Lipinski definition) is 1. The summed E-state index contributed by atoms with van der Waals surface area (Å²) in [6, 6.07) is 6.71. The van der Waals surface area contributed by atoms with E-state index in [1.807, 2.05) is 0 Å². The number of pyridine rings is 2. The predicted octanol–water partition coefficient (Wildman–Crippen LogP) is 1.19. The van der Waals surface area contributed by atoms with Crippen LogP contribution >= 0.6 is 0 Å². The average molecular weight is 453 g/mol. The second-order valence-corrected chi connectivity index (χ2v) is 7.95. The van der Waals surface area contributed by atoms with Gasteiger partial charge in [0.1, 0.15) is 16.8 Å². The molecule has 0 saturated carbocycles. The second-order valence-electron chi connectivity index (χ2n) is 7.95. The number of aromatic nitrogens is 3. The first-order valence-electron chi connectivity index (χ1n) is 11.0. The number of amides is 1. The lowest BCUT2D eigenvalue weighted by atomic mass is 9.96. The average Bonchev–Trinajstić information content (AvgIpc) is 2.83. The third-order valence-electron chi connectivity index (χ3n) is 5.97. The molecule has 0 aromatic carbocycles. The quantitative estimate of drug-likeness (QED) is 0.442. The van der Waals surface area contributed by atoms with Gasteiger partial charge in [-0.2, -0.15) is 0 Å². The minimum Gasteiger partial charge on any atom is -0.466 e. The second kappa shape index (κ2) is 9.53. The van der Waals surface area contributed by atoms with Gasteiger partial charge in [0.05, 0.1) is 30.1 Å². The summed E-state index contributed by atoms with van der Waals surface area (Å²) in [5.41, 5.74) is 0.593. The van der Waals surface area contributed by atoms with Crippen LogP contribution < -0.4 is 11.0 Å². The Kier molecular flexibility index (Phi) is 6.55. The summed E-state index contributed by atoms with van der Waals surface area (Å²) in [7, 11) is 1.55. The number of methoxy groups -OCH3 is 1. The van der Waals surface area contributed by atoms with Crippen molar-refractivity contribution >= 4 is 28.6 Å². The van der Waals surface area contributed by atoms with Gasteiger partial charge >= 0.3 is 5.97 Å². The molecule has 1 fully saturated rings.